The molecule has 0 bridgehead atoms. The van der Waals surface area contributed by atoms with Gasteiger partial charge in [-0.3, -0.25) is 9.59 Å². The Labute approximate surface area is 169 Å². The minimum atomic E-state index is -0.649. The largest absolute Gasteiger partial charge is 0.317 e. The van der Waals surface area contributed by atoms with E-state index in [1.54, 1.807) is 17.8 Å². The van der Waals surface area contributed by atoms with Gasteiger partial charge in [-0.2, -0.15) is 0 Å². The van der Waals surface area contributed by atoms with Crippen LogP contribution in [0.3, 0.4) is 0 Å². The summed E-state index contributed by atoms with van der Waals surface area (Å²) >= 11 is 1.54. The first-order chi connectivity index (χ1) is 13.6. The summed E-state index contributed by atoms with van der Waals surface area (Å²) in [5.74, 6) is -1.22. The van der Waals surface area contributed by atoms with Gasteiger partial charge < -0.3 is 10.2 Å². The van der Waals surface area contributed by atoms with Crippen molar-refractivity contribution in [2.45, 2.75) is 23.6 Å². The lowest BCUT2D eigenvalue weighted by Crippen LogP contribution is -2.39. The molecule has 28 heavy (non-hydrogen) atoms. The van der Waals surface area contributed by atoms with E-state index in [2.05, 4.69) is 5.32 Å². The Bertz CT molecular complexity index is 973. The van der Waals surface area contributed by atoms with E-state index in [4.69, 9.17) is 0 Å². The maximum atomic E-state index is 12.8. The van der Waals surface area contributed by atoms with Crippen molar-refractivity contribution < 1.29 is 9.59 Å². The van der Waals surface area contributed by atoms with Crippen LogP contribution < -0.4 is 10.2 Å². The van der Waals surface area contributed by atoms with Crippen LogP contribution in [0.1, 0.15) is 12.5 Å². The number of hydrogen-bond donors (Lipinski definition) is 1. The molecule has 4 nitrogen and oxygen atoms in total. The normalized spacial score (nSPS) is 10.4. The van der Waals surface area contributed by atoms with Crippen molar-refractivity contribution in [2.75, 3.05) is 16.8 Å². The standard InChI is InChI=1S/C23H22N2O2S/c1-3-25(18-11-9-10-17(2)16-18)23(27)22(26)24-20-14-7-8-15-21(20)28-19-12-5-4-6-13-19/h4-16H,3H2,1-2H3,(H,24,26). The van der Waals surface area contributed by atoms with Crippen molar-refractivity contribution in [3.05, 3.63) is 84.4 Å². The highest BCUT2D eigenvalue weighted by molar-refractivity contribution is 7.99. The average Bonchev–Trinajstić information content (AvgIpc) is 2.71. The third-order valence-electron chi connectivity index (χ3n) is 4.18. The number of likely N-dealkylation sites (N-methyl/N-ethyl adjacent to an activating group) is 1. The number of carbonyl (C=O) groups is 2. The second-order valence-electron chi connectivity index (χ2n) is 6.25. The first-order valence-corrected chi connectivity index (χ1v) is 9.91. The fourth-order valence-corrected chi connectivity index (χ4v) is 3.73. The number of nitrogens with zero attached hydrogens (tertiary/aromatic N) is 1. The molecule has 3 aromatic rings. The maximum absolute atomic E-state index is 12.8. The number of benzene rings is 3. The van der Waals surface area contributed by atoms with Gasteiger partial charge in [0, 0.05) is 22.0 Å². The van der Waals surface area contributed by atoms with E-state index in [9.17, 15) is 9.59 Å². The molecule has 5 heteroatoms. The number of amides is 2. The Morgan fingerprint density at radius 2 is 1.64 bits per heavy atom. The molecule has 3 rings (SSSR count). The van der Waals surface area contributed by atoms with Crippen LogP contribution in [0.4, 0.5) is 11.4 Å². The van der Waals surface area contributed by atoms with Gasteiger partial charge in [0.15, 0.2) is 0 Å². The molecule has 1 N–H and O–H groups in total. The summed E-state index contributed by atoms with van der Waals surface area (Å²) in [5, 5.41) is 2.78. The molecule has 0 fully saturated rings. The van der Waals surface area contributed by atoms with Gasteiger partial charge >= 0.3 is 11.8 Å². The van der Waals surface area contributed by atoms with Crippen molar-refractivity contribution in [3.63, 3.8) is 0 Å². The van der Waals surface area contributed by atoms with Gasteiger partial charge in [0.25, 0.3) is 0 Å². The molecule has 0 aliphatic carbocycles. The SMILES string of the molecule is CCN(C(=O)C(=O)Nc1ccccc1Sc1ccccc1)c1cccc(C)c1. The molecular formula is C23H22N2O2S. The monoisotopic (exact) mass is 390 g/mol. The minimum Gasteiger partial charge on any atom is -0.317 e. The van der Waals surface area contributed by atoms with E-state index in [1.165, 1.54) is 4.90 Å². The molecule has 0 aliphatic rings. The molecular weight excluding hydrogens is 368 g/mol. The molecule has 0 atom stereocenters. The van der Waals surface area contributed by atoms with E-state index in [0.29, 0.717) is 12.2 Å². The van der Waals surface area contributed by atoms with Crippen molar-refractivity contribution in [2.24, 2.45) is 0 Å². The Balaban J connectivity index is 1.78. The highest BCUT2D eigenvalue weighted by atomic mass is 32.2. The third-order valence-corrected chi connectivity index (χ3v) is 5.26. The maximum Gasteiger partial charge on any atom is 0.316 e. The van der Waals surface area contributed by atoms with Crippen LogP contribution in [-0.4, -0.2) is 18.4 Å². The molecule has 3 aromatic carbocycles. The summed E-state index contributed by atoms with van der Waals surface area (Å²) in [6, 6.07) is 25.0. The summed E-state index contributed by atoms with van der Waals surface area (Å²) in [6.07, 6.45) is 0. The Morgan fingerprint density at radius 1 is 0.929 bits per heavy atom. The van der Waals surface area contributed by atoms with Crippen LogP contribution >= 0.6 is 11.8 Å². The van der Waals surface area contributed by atoms with Crippen LogP contribution in [0.5, 0.6) is 0 Å². The number of nitrogens with one attached hydrogen (secondary N) is 1. The van der Waals surface area contributed by atoms with Crippen molar-refractivity contribution in [1.29, 1.82) is 0 Å². The lowest BCUT2D eigenvalue weighted by atomic mass is 10.2. The van der Waals surface area contributed by atoms with E-state index in [1.807, 2.05) is 86.6 Å². The summed E-state index contributed by atoms with van der Waals surface area (Å²) in [6.45, 7) is 4.22. The average molecular weight is 391 g/mol. The predicted octanol–water partition coefficient (Wildman–Crippen LogP) is 5.14. The van der Waals surface area contributed by atoms with Crippen LogP contribution in [0.2, 0.25) is 0 Å². The molecule has 0 radical (unpaired) electrons. The summed E-state index contributed by atoms with van der Waals surface area (Å²) in [5.41, 5.74) is 2.37. The van der Waals surface area contributed by atoms with Gasteiger partial charge in [-0.05, 0) is 55.8 Å². The van der Waals surface area contributed by atoms with Crippen molar-refractivity contribution in [3.8, 4) is 0 Å². The first-order valence-electron chi connectivity index (χ1n) is 9.10. The number of carbonyl (C=O) groups excluding carboxylic acids is 2. The molecule has 0 unspecified atom stereocenters. The van der Waals surface area contributed by atoms with Crippen molar-refractivity contribution >= 4 is 35.0 Å². The molecule has 142 valence electrons. The molecule has 0 aromatic heterocycles. The highest BCUT2D eigenvalue weighted by Gasteiger charge is 2.23. The van der Waals surface area contributed by atoms with Gasteiger partial charge in [0.2, 0.25) is 0 Å². The lowest BCUT2D eigenvalue weighted by molar-refractivity contribution is -0.134. The fourth-order valence-electron chi connectivity index (χ4n) is 2.81. The zero-order chi connectivity index (χ0) is 19.9. The highest BCUT2D eigenvalue weighted by Crippen LogP contribution is 2.33. The topological polar surface area (TPSA) is 49.4 Å². The van der Waals surface area contributed by atoms with Gasteiger partial charge in [-0.1, -0.05) is 54.2 Å². The zero-order valence-electron chi connectivity index (χ0n) is 15.9. The van der Waals surface area contributed by atoms with Crippen LogP contribution in [0.15, 0.2) is 88.7 Å². The predicted molar refractivity (Wildman–Crippen MR) is 115 cm³/mol. The van der Waals surface area contributed by atoms with E-state index in [0.717, 1.165) is 21.0 Å². The van der Waals surface area contributed by atoms with Crippen LogP contribution in [-0.2, 0) is 9.59 Å². The number of rotatable bonds is 5. The number of aryl methyl sites for hydroxylation is 1. The summed E-state index contributed by atoms with van der Waals surface area (Å²) in [7, 11) is 0. The second kappa shape index (κ2) is 9.24. The molecule has 0 aliphatic heterocycles. The Kier molecular flexibility index (Phi) is 6.50. The molecule has 2 amide bonds. The van der Waals surface area contributed by atoms with Crippen LogP contribution in [0, 0.1) is 6.92 Å². The number of hydrogen-bond acceptors (Lipinski definition) is 3. The first kappa shape index (κ1) is 19.7. The Morgan fingerprint density at radius 3 is 2.36 bits per heavy atom. The number of anilines is 2. The van der Waals surface area contributed by atoms with E-state index >= 15 is 0 Å². The van der Waals surface area contributed by atoms with Crippen molar-refractivity contribution in [1.82, 2.24) is 0 Å². The molecule has 0 heterocycles. The molecule has 0 saturated heterocycles. The summed E-state index contributed by atoms with van der Waals surface area (Å²) < 4.78 is 0. The third kappa shape index (κ3) is 4.81. The minimum absolute atomic E-state index is 0.413. The van der Waals surface area contributed by atoms with E-state index in [-0.39, 0.29) is 0 Å². The van der Waals surface area contributed by atoms with E-state index < -0.39 is 11.8 Å². The molecule has 0 spiro atoms. The van der Waals surface area contributed by atoms with Gasteiger partial charge in [-0.15, -0.1) is 0 Å². The summed E-state index contributed by atoms with van der Waals surface area (Å²) in [4.78, 5) is 28.9. The zero-order valence-corrected chi connectivity index (χ0v) is 16.7. The fraction of sp³-hybridized carbons (Fsp3) is 0.130. The van der Waals surface area contributed by atoms with Gasteiger partial charge in [-0.25, -0.2) is 0 Å². The Hall–Kier alpha value is -3.05. The van der Waals surface area contributed by atoms with Crippen LogP contribution in [0.25, 0.3) is 0 Å². The molecule has 0 saturated carbocycles. The lowest BCUT2D eigenvalue weighted by Gasteiger charge is -2.21. The smallest absolute Gasteiger partial charge is 0.316 e. The number of para-hydroxylation sites is 1. The van der Waals surface area contributed by atoms with Gasteiger partial charge in [0.1, 0.15) is 0 Å². The second-order valence-corrected chi connectivity index (χ2v) is 7.37. The van der Waals surface area contributed by atoms with Gasteiger partial charge in [0.05, 0.1) is 5.69 Å². The quantitative estimate of drug-likeness (QED) is 0.614.